The number of aromatic nitrogens is 3. The maximum atomic E-state index is 3.94. The fourth-order valence-corrected chi connectivity index (χ4v) is 1.94. The van der Waals surface area contributed by atoms with Gasteiger partial charge in [0.15, 0.2) is 0 Å². The van der Waals surface area contributed by atoms with Crippen molar-refractivity contribution in [2.24, 2.45) is 0 Å². The van der Waals surface area contributed by atoms with Crippen LogP contribution in [0.15, 0.2) is 42.7 Å². The standard InChI is InChI=1S/C14H20N4/c1-13(14-6-3-2-4-7-14)12-15-8-5-10-18-11-9-16-17-18/h2-4,6-7,9,11,13,15H,5,8,10,12H2,1H3/t13-/m0/s1. The lowest BCUT2D eigenvalue weighted by atomic mass is 10.0. The Labute approximate surface area is 108 Å². The lowest BCUT2D eigenvalue weighted by Gasteiger charge is -2.12. The molecule has 0 amide bonds. The molecule has 1 N–H and O–H groups in total. The van der Waals surface area contributed by atoms with Gasteiger partial charge in [-0.05, 0) is 24.4 Å². The summed E-state index contributed by atoms with van der Waals surface area (Å²) < 4.78 is 1.86. The molecule has 0 bridgehead atoms. The van der Waals surface area contributed by atoms with E-state index in [1.165, 1.54) is 5.56 Å². The predicted octanol–water partition coefficient (Wildman–Crippen LogP) is 2.06. The van der Waals surface area contributed by atoms with Gasteiger partial charge in [-0.15, -0.1) is 5.10 Å². The number of nitrogens with one attached hydrogen (secondary N) is 1. The predicted molar refractivity (Wildman–Crippen MR) is 72.4 cm³/mol. The summed E-state index contributed by atoms with van der Waals surface area (Å²) in [5.41, 5.74) is 1.39. The van der Waals surface area contributed by atoms with E-state index in [-0.39, 0.29) is 0 Å². The lowest BCUT2D eigenvalue weighted by molar-refractivity contribution is 0.519. The Morgan fingerprint density at radius 1 is 1.28 bits per heavy atom. The van der Waals surface area contributed by atoms with Crippen molar-refractivity contribution in [2.75, 3.05) is 13.1 Å². The first-order valence-corrected chi connectivity index (χ1v) is 6.46. The molecule has 4 heteroatoms. The number of hydrogen-bond acceptors (Lipinski definition) is 3. The van der Waals surface area contributed by atoms with Crippen LogP contribution in [0.25, 0.3) is 0 Å². The average molecular weight is 244 g/mol. The summed E-state index contributed by atoms with van der Waals surface area (Å²) in [4.78, 5) is 0. The Morgan fingerprint density at radius 3 is 2.83 bits per heavy atom. The molecule has 1 aromatic heterocycles. The molecule has 0 saturated heterocycles. The van der Waals surface area contributed by atoms with E-state index in [9.17, 15) is 0 Å². The molecule has 0 aliphatic rings. The van der Waals surface area contributed by atoms with Gasteiger partial charge < -0.3 is 5.32 Å². The summed E-state index contributed by atoms with van der Waals surface area (Å²) in [6.07, 6.45) is 4.68. The highest BCUT2D eigenvalue weighted by Gasteiger charge is 2.03. The Morgan fingerprint density at radius 2 is 2.11 bits per heavy atom. The van der Waals surface area contributed by atoms with Crippen LogP contribution in [-0.4, -0.2) is 28.1 Å². The van der Waals surface area contributed by atoms with Crippen molar-refractivity contribution in [3.8, 4) is 0 Å². The van der Waals surface area contributed by atoms with Gasteiger partial charge in [-0.25, -0.2) is 0 Å². The molecule has 96 valence electrons. The first-order valence-electron chi connectivity index (χ1n) is 6.46. The third-order valence-electron chi connectivity index (χ3n) is 3.03. The number of rotatable bonds is 7. The Hall–Kier alpha value is -1.68. The van der Waals surface area contributed by atoms with E-state index in [0.29, 0.717) is 5.92 Å². The molecule has 1 aromatic carbocycles. The molecular formula is C14H20N4. The highest BCUT2D eigenvalue weighted by molar-refractivity contribution is 5.18. The summed E-state index contributed by atoms with van der Waals surface area (Å²) >= 11 is 0. The summed E-state index contributed by atoms with van der Waals surface area (Å²) in [5.74, 6) is 0.553. The molecule has 18 heavy (non-hydrogen) atoms. The molecule has 1 heterocycles. The van der Waals surface area contributed by atoms with Crippen LogP contribution >= 0.6 is 0 Å². The van der Waals surface area contributed by atoms with Crippen molar-refractivity contribution in [2.45, 2.75) is 25.8 Å². The normalized spacial score (nSPS) is 12.5. The second kappa shape index (κ2) is 6.91. The molecule has 0 saturated carbocycles. The third kappa shape index (κ3) is 3.96. The van der Waals surface area contributed by atoms with Gasteiger partial charge in [0, 0.05) is 19.3 Å². The van der Waals surface area contributed by atoms with E-state index in [1.807, 2.05) is 10.9 Å². The molecule has 0 spiro atoms. The minimum absolute atomic E-state index is 0.553. The topological polar surface area (TPSA) is 42.7 Å². The van der Waals surface area contributed by atoms with Crippen molar-refractivity contribution < 1.29 is 0 Å². The van der Waals surface area contributed by atoms with E-state index in [2.05, 4.69) is 52.9 Å². The number of nitrogens with zero attached hydrogens (tertiary/aromatic N) is 3. The molecular weight excluding hydrogens is 224 g/mol. The van der Waals surface area contributed by atoms with Gasteiger partial charge in [-0.2, -0.15) is 0 Å². The van der Waals surface area contributed by atoms with Crippen molar-refractivity contribution >= 4 is 0 Å². The summed E-state index contributed by atoms with van der Waals surface area (Å²) in [6.45, 7) is 5.20. The average Bonchev–Trinajstić information content (AvgIpc) is 2.92. The van der Waals surface area contributed by atoms with Crippen LogP contribution in [0.1, 0.15) is 24.8 Å². The van der Waals surface area contributed by atoms with E-state index >= 15 is 0 Å². The monoisotopic (exact) mass is 244 g/mol. The molecule has 1 atom stereocenters. The SMILES string of the molecule is C[C@@H](CNCCCn1ccnn1)c1ccccc1. The van der Waals surface area contributed by atoms with Crippen LogP contribution in [0.2, 0.25) is 0 Å². The molecule has 0 unspecified atom stereocenters. The van der Waals surface area contributed by atoms with Gasteiger partial charge in [0.2, 0.25) is 0 Å². The van der Waals surface area contributed by atoms with E-state index in [4.69, 9.17) is 0 Å². The van der Waals surface area contributed by atoms with Crippen molar-refractivity contribution in [1.29, 1.82) is 0 Å². The van der Waals surface area contributed by atoms with Crippen LogP contribution in [0.4, 0.5) is 0 Å². The van der Waals surface area contributed by atoms with Crippen molar-refractivity contribution in [1.82, 2.24) is 20.3 Å². The van der Waals surface area contributed by atoms with E-state index in [1.54, 1.807) is 6.20 Å². The molecule has 0 radical (unpaired) electrons. The zero-order valence-electron chi connectivity index (χ0n) is 10.8. The third-order valence-corrected chi connectivity index (χ3v) is 3.03. The minimum atomic E-state index is 0.553. The molecule has 4 nitrogen and oxygen atoms in total. The first kappa shape index (κ1) is 12.8. The Balaban J connectivity index is 1.61. The van der Waals surface area contributed by atoms with Crippen LogP contribution in [-0.2, 0) is 6.54 Å². The first-order chi connectivity index (χ1) is 8.86. The maximum Gasteiger partial charge on any atom is 0.0692 e. The Kier molecular flexibility index (Phi) is 4.90. The number of benzene rings is 1. The highest BCUT2D eigenvalue weighted by Crippen LogP contribution is 2.12. The van der Waals surface area contributed by atoms with E-state index < -0.39 is 0 Å². The second-order valence-electron chi connectivity index (χ2n) is 4.54. The Bertz CT molecular complexity index is 424. The minimum Gasteiger partial charge on any atom is -0.316 e. The molecule has 2 aromatic rings. The van der Waals surface area contributed by atoms with Gasteiger partial charge in [0.25, 0.3) is 0 Å². The zero-order valence-corrected chi connectivity index (χ0v) is 10.8. The fraction of sp³-hybridized carbons (Fsp3) is 0.429. The van der Waals surface area contributed by atoms with E-state index in [0.717, 1.165) is 26.1 Å². The van der Waals surface area contributed by atoms with Gasteiger partial charge in [0.1, 0.15) is 0 Å². The quantitative estimate of drug-likeness (QED) is 0.758. The van der Waals surface area contributed by atoms with Gasteiger partial charge in [-0.3, -0.25) is 4.68 Å². The van der Waals surface area contributed by atoms with Gasteiger partial charge >= 0.3 is 0 Å². The molecule has 0 aliphatic heterocycles. The highest BCUT2D eigenvalue weighted by atomic mass is 15.4. The van der Waals surface area contributed by atoms with Gasteiger partial charge in [0.05, 0.1) is 6.20 Å². The number of aryl methyl sites for hydroxylation is 1. The number of hydrogen-bond donors (Lipinski definition) is 1. The molecule has 2 rings (SSSR count). The summed E-state index contributed by atoms with van der Waals surface area (Å²) in [5, 5.41) is 11.2. The van der Waals surface area contributed by atoms with Crippen LogP contribution in [0.5, 0.6) is 0 Å². The zero-order chi connectivity index (χ0) is 12.6. The van der Waals surface area contributed by atoms with Crippen LogP contribution in [0.3, 0.4) is 0 Å². The fourth-order valence-electron chi connectivity index (χ4n) is 1.94. The van der Waals surface area contributed by atoms with Crippen LogP contribution < -0.4 is 5.32 Å². The van der Waals surface area contributed by atoms with Crippen molar-refractivity contribution in [3.05, 3.63) is 48.3 Å². The largest absolute Gasteiger partial charge is 0.316 e. The lowest BCUT2D eigenvalue weighted by Crippen LogP contribution is -2.22. The maximum absolute atomic E-state index is 3.94. The summed E-state index contributed by atoms with van der Waals surface area (Å²) in [6, 6.07) is 10.6. The summed E-state index contributed by atoms with van der Waals surface area (Å²) in [7, 11) is 0. The molecule has 0 fully saturated rings. The van der Waals surface area contributed by atoms with Gasteiger partial charge in [-0.1, -0.05) is 42.5 Å². The van der Waals surface area contributed by atoms with Crippen molar-refractivity contribution in [3.63, 3.8) is 0 Å². The smallest absolute Gasteiger partial charge is 0.0692 e. The van der Waals surface area contributed by atoms with Crippen LogP contribution in [0, 0.1) is 0 Å². The second-order valence-corrected chi connectivity index (χ2v) is 4.54. The molecule has 0 aliphatic carbocycles.